The van der Waals surface area contributed by atoms with Crippen molar-refractivity contribution in [3.63, 3.8) is 0 Å². The number of hydrogen-bond acceptors (Lipinski definition) is 6. The zero-order chi connectivity index (χ0) is 18.9. The minimum Gasteiger partial charge on any atom is -0.452 e. The second kappa shape index (κ2) is 9.33. The average Bonchev–Trinajstić information content (AvgIpc) is 3.13. The van der Waals surface area contributed by atoms with E-state index < -0.39 is 30.4 Å². The van der Waals surface area contributed by atoms with Crippen LogP contribution in [0.2, 0.25) is 0 Å². The minimum absolute atomic E-state index is 0.156. The number of hydrogen-bond donors (Lipinski definition) is 3. The summed E-state index contributed by atoms with van der Waals surface area (Å²) in [4.78, 5) is 47.1. The van der Waals surface area contributed by atoms with E-state index in [9.17, 15) is 19.2 Å². The van der Waals surface area contributed by atoms with Crippen molar-refractivity contribution in [2.75, 3.05) is 13.2 Å². The van der Waals surface area contributed by atoms with Crippen LogP contribution in [0.5, 0.6) is 0 Å². The van der Waals surface area contributed by atoms with Crippen molar-refractivity contribution >= 4 is 35.2 Å². The Bertz CT molecular complexity index is 787. The Balaban J connectivity index is 1.69. The van der Waals surface area contributed by atoms with E-state index in [-0.39, 0.29) is 11.1 Å². The Labute approximate surface area is 153 Å². The summed E-state index contributed by atoms with van der Waals surface area (Å²) in [6.07, 6.45) is 0.662. The summed E-state index contributed by atoms with van der Waals surface area (Å²) in [7, 11) is 0. The molecule has 0 aliphatic heterocycles. The number of amides is 4. The van der Waals surface area contributed by atoms with Gasteiger partial charge in [0.15, 0.2) is 6.61 Å². The van der Waals surface area contributed by atoms with Crippen LogP contribution in [0.4, 0.5) is 4.79 Å². The standard InChI is InChI=1S/C17H17N3O5S/c18-15(22)11-3-5-12(6-4-11)16(23)25-10-14(21)20-17(24)19-8-7-13-2-1-9-26-13/h1-6,9H,7-8,10H2,(H2,18,22)(H2,19,20,21,24). The molecule has 0 aliphatic carbocycles. The molecule has 0 bridgehead atoms. The van der Waals surface area contributed by atoms with Gasteiger partial charge in [-0.3, -0.25) is 14.9 Å². The lowest BCUT2D eigenvalue weighted by molar-refractivity contribution is -0.123. The number of rotatable bonds is 7. The van der Waals surface area contributed by atoms with Crippen molar-refractivity contribution in [1.82, 2.24) is 10.6 Å². The molecule has 1 aromatic carbocycles. The van der Waals surface area contributed by atoms with Crippen molar-refractivity contribution in [1.29, 1.82) is 0 Å². The van der Waals surface area contributed by atoms with Crippen molar-refractivity contribution in [3.8, 4) is 0 Å². The van der Waals surface area contributed by atoms with E-state index in [4.69, 9.17) is 10.5 Å². The van der Waals surface area contributed by atoms with Gasteiger partial charge in [-0.1, -0.05) is 6.07 Å². The van der Waals surface area contributed by atoms with Crippen LogP contribution in [0.25, 0.3) is 0 Å². The number of carbonyl (C=O) groups excluding carboxylic acids is 4. The van der Waals surface area contributed by atoms with Crippen LogP contribution in [0.3, 0.4) is 0 Å². The summed E-state index contributed by atoms with van der Waals surface area (Å²) in [6.45, 7) is -0.222. The Kier molecular flexibility index (Phi) is 6.86. The third-order valence-electron chi connectivity index (χ3n) is 3.23. The molecule has 4 amide bonds. The van der Waals surface area contributed by atoms with Crippen LogP contribution in [0.1, 0.15) is 25.6 Å². The van der Waals surface area contributed by atoms with Gasteiger partial charge in [0.1, 0.15) is 0 Å². The maximum absolute atomic E-state index is 11.8. The number of esters is 1. The Hall–Kier alpha value is -3.20. The van der Waals surface area contributed by atoms with E-state index in [2.05, 4.69) is 10.6 Å². The summed E-state index contributed by atoms with van der Waals surface area (Å²) in [6, 6.07) is 8.67. The quantitative estimate of drug-likeness (QED) is 0.624. The Morgan fingerprint density at radius 3 is 2.35 bits per heavy atom. The van der Waals surface area contributed by atoms with Crippen molar-refractivity contribution in [3.05, 3.63) is 57.8 Å². The predicted octanol–water partition coefficient (Wildman–Crippen LogP) is 1.07. The molecule has 1 aromatic heterocycles. The highest BCUT2D eigenvalue weighted by molar-refractivity contribution is 7.09. The second-order valence-electron chi connectivity index (χ2n) is 5.15. The first kappa shape index (κ1) is 19.1. The average molecular weight is 375 g/mol. The van der Waals surface area contributed by atoms with Gasteiger partial charge < -0.3 is 15.8 Å². The van der Waals surface area contributed by atoms with E-state index in [1.54, 1.807) is 11.3 Å². The maximum Gasteiger partial charge on any atom is 0.338 e. The van der Waals surface area contributed by atoms with Gasteiger partial charge in [-0.05, 0) is 42.1 Å². The first-order chi connectivity index (χ1) is 12.5. The molecule has 4 N–H and O–H groups in total. The van der Waals surface area contributed by atoms with Gasteiger partial charge >= 0.3 is 12.0 Å². The smallest absolute Gasteiger partial charge is 0.338 e. The number of imide groups is 1. The molecular formula is C17H17N3O5S. The highest BCUT2D eigenvalue weighted by Crippen LogP contribution is 2.08. The summed E-state index contributed by atoms with van der Waals surface area (Å²) in [5.41, 5.74) is 5.51. The Morgan fingerprint density at radius 2 is 1.73 bits per heavy atom. The van der Waals surface area contributed by atoms with Gasteiger partial charge in [-0.25, -0.2) is 9.59 Å². The SMILES string of the molecule is NC(=O)c1ccc(C(=O)OCC(=O)NC(=O)NCCc2cccs2)cc1. The molecular weight excluding hydrogens is 358 g/mol. The normalized spacial score (nSPS) is 10.0. The van der Waals surface area contributed by atoms with E-state index in [1.807, 2.05) is 17.5 Å². The number of urea groups is 1. The van der Waals surface area contributed by atoms with E-state index in [0.717, 1.165) is 4.88 Å². The van der Waals surface area contributed by atoms with Gasteiger partial charge in [0.2, 0.25) is 5.91 Å². The van der Waals surface area contributed by atoms with Crippen LogP contribution < -0.4 is 16.4 Å². The zero-order valence-electron chi connectivity index (χ0n) is 13.7. The van der Waals surface area contributed by atoms with Crippen LogP contribution in [0.15, 0.2) is 41.8 Å². The number of nitrogens with two attached hydrogens (primary N) is 1. The van der Waals surface area contributed by atoms with Crippen molar-refractivity contribution in [2.24, 2.45) is 5.73 Å². The Morgan fingerprint density at radius 1 is 1.04 bits per heavy atom. The third kappa shape index (κ3) is 6.02. The van der Waals surface area contributed by atoms with E-state index >= 15 is 0 Å². The molecule has 0 saturated carbocycles. The lowest BCUT2D eigenvalue weighted by atomic mass is 10.1. The lowest BCUT2D eigenvalue weighted by Gasteiger charge is -2.07. The van der Waals surface area contributed by atoms with Crippen LogP contribution in [0, 0.1) is 0 Å². The van der Waals surface area contributed by atoms with Crippen LogP contribution in [-0.2, 0) is 16.0 Å². The summed E-state index contributed by atoms with van der Waals surface area (Å²) in [5, 5.41) is 6.55. The topological polar surface area (TPSA) is 128 Å². The van der Waals surface area contributed by atoms with Crippen LogP contribution >= 0.6 is 11.3 Å². The molecule has 8 nitrogen and oxygen atoms in total. The summed E-state index contributed by atoms with van der Waals surface area (Å²) in [5.74, 6) is -2.12. The second-order valence-corrected chi connectivity index (χ2v) is 6.18. The molecule has 26 heavy (non-hydrogen) atoms. The summed E-state index contributed by atoms with van der Waals surface area (Å²) >= 11 is 1.58. The third-order valence-corrected chi connectivity index (χ3v) is 4.17. The molecule has 2 rings (SSSR count). The monoisotopic (exact) mass is 375 g/mol. The molecule has 1 heterocycles. The number of ether oxygens (including phenoxy) is 1. The number of carbonyl (C=O) groups is 4. The number of primary amides is 1. The first-order valence-electron chi connectivity index (χ1n) is 7.63. The molecule has 2 aromatic rings. The number of benzene rings is 1. The highest BCUT2D eigenvalue weighted by atomic mass is 32.1. The molecule has 0 unspecified atom stereocenters. The zero-order valence-corrected chi connectivity index (χ0v) is 14.5. The predicted molar refractivity (Wildman–Crippen MR) is 94.8 cm³/mol. The highest BCUT2D eigenvalue weighted by Gasteiger charge is 2.13. The molecule has 0 radical (unpaired) electrons. The molecule has 0 atom stereocenters. The first-order valence-corrected chi connectivity index (χ1v) is 8.50. The molecule has 9 heteroatoms. The fourth-order valence-electron chi connectivity index (χ4n) is 1.95. The van der Waals surface area contributed by atoms with Crippen molar-refractivity contribution in [2.45, 2.75) is 6.42 Å². The fraction of sp³-hybridized carbons (Fsp3) is 0.176. The molecule has 136 valence electrons. The van der Waals surface area contributed by atoms with Gasteiger partial charge in [-0.2, -0.15) is 0 Å². The molecule has 0 fully saturated rings. The summed E-state index contributed by atoms with van der Waals surface area (Å²) < 4.78 is 4.81. The molecule has 0 aliphatic rings. The van der Waals surface area contributed by atoms with Crippen molar-refractivity contribution < 1.29 is 23.9 Å². The number of thiophene rings is 1. The molecule has 0 saturated heterocycles. The van der Waals surface area contributed by atoms with Crippen LogP contribution in [-0.4, -0.2) is 37.0 Å². The lowest BCUT2D eigenvalue weighted by Crippen LogP contribution is -2.42. The fourth-order valence-corrected chi connectivity index (χ4v) is 2.65. The van der Waals surface area contributed by atoms with E-state index in [1.165, 1.54) is 24.3 Å². The molecule has 0 spiro atoms. The van der Waals surface area contributed by atoms with Gasteiger partial charge in [0.05, 0.1) is 5.56 Å². The maximum atomic E-state index is 11.8. The van der Waals surface area contributed by atoms with Gasteiger partial charge in [0, 0.05) is 17.0 Å². The van der Waals surface area contributed by atoms with Gasteiger partial charge in [0.25, 0.3) is 5.91 Å². The minimum atomic E-state index is -0.755. The largest absolute Gasteiger partial charge is 0.452 e. The van der Waals surface area contributed by atoms with Gasteiger partial charge in [-0.15, -0.1) is 11.3 Å². The number of nitrogens with one attached hydrogen (secondary N) is 2. The van der Waals surface area contributed by atoms with E-state index in [0.29, 0.717) is 13.0 Å².